The highest BCUT2D eigenvalue weighted by Gasteiger charge is 2.06. The van der Waals surface area contributed by atoms with Gasteiger partial charge in [0, 0.05) is 24.5 Å². The predicted octanol–water partition coefficient (Wildman–Crippen LogP) is 3.85. The lowest BCUT2D eigenvalue weighted by molar-refractivity contribution is 0.251. The molecular formula is C21H18N4O2. The van der Waals surface area contributed by atoms with Crippen molar-refractivity contribution >= 4 is 11.7 Å². The predicted molar refractivity (Wildman–Crippen MR) is 102 cm³/mol. The lowest BCUT2D eigenvalue weighted by Crippen LogP contribution is -2.28. The van der Waals surface area contributed by atoms with Gasteiger partial charge in [0.1, 0.15) is 18.4 Å². The Morgan fingerprint density at radius 3 is 2.59 bits per heavy atom. The molecule has 0 aliphatic rings. The molecule has 3 aromatic rings. The molecule has 0 aliphatic heterocycles. The van der Waals surface area contributed by atoms with Gasteiger partial charge in [0.25, 0.3) is 0 Å². The topological polar surface area (TPSA) is 87.0 Å². The number of hydrogen-bond acceptors (Lipinski definition) is 4. The second kappa shape index (κ2) is 9.02. The van der Waals surface area contributed by atoms with Crippen molar-refractivity contribution < 1.29 is 9.53 Å². The van der Waals surface area contributed by atoms with Gasteiger partial charge in [0.15, 0.2) is 0 Å². The third-order valence-electron chi connectivity index (χ3n) is 3.80. The second-order valence-electron chi connectivity index (χ2n) is 5.76. The van der Waals surface area contributed by atoms with Crippen LogP contribution in [0.5, 0.6) is 5.75 Å². The van der Waals surface area contributed by atoms with Crippen LogP contribution in [0, 0.1) is 11.3 Å². The fourth-order valence-electron chi connectivity index (χ4n) is 2.39. The fourth-order valence-corrected chi connectivity index (χ4v) is 2.39. The molecule has 0 radical (unpaired) electrons. The van der Waals surface area contributed by atoms with Crippen molar-refractivity contribution in [2.75, 3.05) is 5.32 Å². The van der Waals surface area contributed by atoms with E-state index in [0.29, 0.717) is 24.4 Å². The molecule has 134 valence electrons. The highest BCUT2D eigenvalue weighted by molar-refractivity contribution is 5.90. The normalized spacial score (nSPS) is 9.89. The minimum absolute atomic E-state index is 0.365. The van der Waals surface area contributed by atoms with Crippen LogP contribution in [0.3, 0.4) is 0 Å². The number of amides is 2. The zero-order chi connectivity index (χ0) is 18.9. The Hall–Kier alpha value is -3.85. The zero-order valence-electron chi connectivity index (χ0n) is 14.6. The van der Waals surface area contributed by atoms with Crippen molar-refractivity contribution in [3.8, 4) is 11.8 Å². The largest absolute Gasteiger partial charge is 0.489 e. The van der Waals surface area contributed by atoms with Crippen molar-refractivity contribution in [3.63, 3.8) is 0 Å². The molecule has 2 N–H and O–H groups in total. The summed E-state index contributed by atoms with van der Waals surface area (Å²) in [6, 6.07) is 19.9. The molecular weight excluding hydrogens is 340 g/mol. The second-order valence-corrected chi connectivity index (χ2v) is 5.76. The first-order valence-electron chi connectivity index (χ1n) is 8.39. The van der Waals surface area contributed by atoms with Crippen LogP contribution in [-0.2, 0) is 13.2 Å². The van der Waals surface area contributed by atoms with Crippen LogP contribution in [-0.4, -0.2) is 11.0 Å². The van der Waals surface area contributed by atoms with Gasteiger partial charge in [-0.1, -0.05) is 30.3 Å². The molecule has 2 aromatic carbocycles. The molecule has 6 heteroatoms. The van der Waals surface area contributed by atoms with Gasteiger partial charge in [-0.15, -0.1) is 0 Å². The van der Waals surface area contributed by atoms with Crippen molar-refractivity contribution in [2.24, 2.45) is 0 Å². The van der Waals surface area contributed by atoms with Gasteiger partial charge in [-0.05, 0) is 35.9 Å². The van der Waals surface area contributed by atoms with Gasteiger partial charge in [-0.25, -0.2) is 4.79 Å². The van der Waals surface area contributed by atoms with E-state index in [9.17, 15) is 4.79 Å². The van der Waals surface area contributed by atoms with Crippen LogP contribution in [0.4, 0.5) is 10.5 Å². The molecule has 0 saturated carbocycles. The summed E-state index contributed by atoms with van der Waals surface area (Å²) in [5.41, 5.74) is 2.84. The average Bonchev–Trinajstić information content (AvgIpc) is 2.72. The van der Waals surface area contributed by atoms with Gasteiger partial charge in [-0.3, -0.25) is 4.98 Å². The van der Waals surface area contributed by atoms with E-state index in [2.05, 4.69) is 15.6 Å². The fraction of sp³-hybridized carbons (Fsp3) is 0.0952. The van der Waals surface area contributed by atoms with Gasteiger partial charge in [-0.2, -0.15) is 5.26 Å². The van der Waals surface area contributed by atoms with Crippen molar-refractivity contribution in [1.29, 1.82) is 5.26 Å². The van der Waals surface area contributed by atoms with E-state index in [1.807, 2.05) is 42.5 Å². The number of nitrogens with zero attached hydrogens (tertiary/aromatic N) is 2. The lowest BCUT2D eigenvalue weighted by Gasteiger charge is -2.10. The molecule has 27 heavy (non-hydrogen) atoms. The van der Waals surface area contributed by atoms with E-state index >= 15 is 0 Å². The van der Waals surface area contributed by atoms with Gasteiger partial charge >= 0.3 is 6.03 Å². The maximum atomic E-state index is 12.0. The summed E-state index contributed by atoms with van der Waals surface area (Å²) in [5.74, 6) is 0.745. The summed E-state index contributed by atoms with van der Waals surface area (Å²) < 4.78 is 5.71. The summed E-state index contributed by atoms with van der Waals surface area (Å²) in [4.78, 5) is 16.1. The quantitative estimate of drug-likeness (QED) is 0.700. The number of carbonyl (C=O) groups excluding carboxylic acids is 1. The molecule has 0 unspecified atom stereocenters. The summed E-state index contributed by atoms with van der Waals surface area (Å²) in [7, 11) is 0. The number of urea groups is 1. The number of pyridine rings is 1. The number of nitriles is 1. The summed E-state index contributed by atoms with van der Waals surface area (Å²) in [5, 5.41) is 14.5. The van der Waals surface area contributed by atoms with Crippen molar-refractivity contribution in [2.45, 2.75) is 13.2 Å². The van der Waals surface area contributed by atoms with Crippen LogP contribution in [0.2, 0.25) is 0 Å². The number of anilines is 1. The highest BCUT2D eigenvalue weighted by atomic mass is 16.5. The summed E-state index contributed by atoms with van der Waals surface area (Å²) >= 11 is 0. The molecule has 3 rings (SSSR count). The molecule has 0 spiro atoms. The van der Waals surface area contributed by atoms with Crippen molar-refractivity contribution in [3.05, 3.63) is 89.7 Å². The van der Waals surface area contributed by atoms with Gasteiger partial charge in [0.05, 0.1) is 11.3 Å². The molecule has 0 aliphatic carbocycles. The Balaban J connectivity index is 1.48. The maximum absolute atomic E-state index is 12.0. The number of rotatable bonds is 6. The standard InChI is InChI=1S/C21H18N4O2/c22-12-18-5-1-2-6-20(18)25-21(26)24-14-16-7-9-19(10-8-16)27-15-17-4-3-11-23-13-17/h1-11,13H,14-15H2,(H2,24,25,26). The summed E-state index contributed by atoms with van der Waals surface area (Å²) in [6.07, 6.45) is 3.49. The zero-order valence-corrected chi connectivity index (χ0v) is 14.6. The number of para-hydroxylation sites is 1. The van der Waals surface area contributed by atoms with Crippen molar-refractivity contribution in [1.82, 2.24) is 10.3 Å². The Morgan fingerprint density at radius 2 is 1.85 bits per heavy atom. The minimum Gasteiger partial charge on any atom is -0.489 e. The number of ether oxygens (including phenoxy) is 1. The first-order chi connectivity index (χ1) is 13.2. The van der Waals surface area contributed by atoms with E-state index in [-0.39, 0.29) is 6.03 Å². The number of nitrogens with one attached hydrogen (secondary N) is 2. The first-order valence-corrected chi connectivity index (χ1v) is 8.39. The molecule has 0 fully saturated rings. The summed E-state index contributed by atoms with van der Waals surface area (Å²) in [6.45, 7) is 0.815. The number of aromatic nitrogens is 1. The van der Waals surface area contributed by atoms with Crippen LogP contribution in [0.25, 0.3) is 0 Å². The van der Waals surface area contributed by atoms with Gasteiger partial charge < -0.3 is 15.4 Å². The minimum atomic E-state index is -0.366. The smallest absolute Gasteiger partial charge is 0.319 e. The van der Waals surface area contributed by atoms with Crippen LogP contribution < -0.4 is 15.4 Å². The molecule has 0 saturated heterocycles. The van der Waals surface area contributed by atoms with Crippen LogP contribution >= 0.6 is 0 Å². The number of benzene rings is 2. The third kappa shape index (κ3) is 5.31. The van der Waals surface area contributed by atoms with E-state index in [1.54, 1.807) is 36.7 Å². The molecule has 2 amide bonds. The molecule has 0 atom stereocenters. The van der Waals surface area contributed by atoms with E-state index in [4.69, 9.17) is 10.00 Å². The first kappa shape index (κ1) is 18.0. The SMILES string of the molecule is N#Cc1ccccc1NC(=O)NCc1ccc(OCc2cccnc2)cc1. The van der Waals surface area contributed by atoms with Crippen LogP contribution in [0.15, 0.2) is 73.1 Å². The Kier molecular flexibility index (Phi) is 6.00. The number of carbonyl (C=O) groups is 1. The van der Waals surface area contributed by atoms with E-state index < -0.39 is 0 Å². The molecule has 1 aromatic heterocycles. The van der Waals surface area contributed by atoms with E-state index in [1.165, 1.54) is 0 Å². The average molecular weight is 358 g/mol. The highest BCUT2D eigenvalue weighted by Crippen LogP contribution is 2.15. The molecule has 1 heterocycles. The molecule has 6 nitrogen and oxygen atoms in total. The third-order valence-corrected chi connectivity index (χ3v) is 3.80. The van der Waals surface area contributed by atoms with Crippen LogP contribution in [0.1, 0.15) is 16.7 Å². The van der Waals surface area contributed by atoms with Gasteiger partial charge in [0.2, 0.25) is 0 Å². The Labute approximate surface area is 157 Å². The lowest BCUT2D eigenvalue weighted by atomic mass is 10.2. The maximum Gasteiger partial charge on any atom is 0.319 e. The Morgan fingerprint density at radius 1 is 1.04 bits per heavy atom. The monoisotopic (exact) mass is 358 g/mol. The Bertz CT molecular complexity index is 934. The van der Waals surface area contributed by atoms with E-state index in [0.717, 1.165) is 16.9 Å². The molecule has 0 bridgehead atoms. The number of hydrogen-bond donors (Lipinski definition) is 2.